The predicted octanol–water partition coefficient (Wildman–Crippen LogP) is 2.14. The van der Waals surface area contributed by atoms with Gasteiger partial charge in [-0.1, -0.05) is 0 Å². The zero-order valence-electron chi connectivity index (χ0n) is 11.1. The summed E-state index contributed by atoms with van der Waals surface area (Å²) in [6, 6.07) is 4.39. The Labute approximate surface area is 98.8 Å². The van der Waals surface area contributed by atoms with Gasteiger partial charge in [0.05, 0.1) is 6.26 Å². The lowest BCUT2D eigenvalue weighted by Crippen LogP contribution is -2.49. The van der Waals surface area contributed by atoms with Crippen molar-refractivity contribution in [2.24, 2.45) is 0 Å². The second-order valence-corrected chi connectivity index (χ2v) is 5.27. The molecule has 0 aliphatic heterocycles. The molecule has 92 valence electrons. The highest BCUT2D eigenvalue weighted by atomic mass is 16.3. The molecule has 0 aromatic carbocycles. The summed E-state index contributed by atoms with van der Waals surface area (Å²) in [7, 11) is 4.22. The van der Waals surface area contributed by atoms with Crippen LogP contribution in [0.3, 0.4) is 0 Å². The Kier molecular flexibility index (Phi) is 4.56. The van der Waals surface area contributed by atoms with Crippen LogP contribution in [0.5, 0.6) is 0 Å². The Morgan fingerprint density at radius 3 is 2.62 bits per heavy atom. The van der Waals surface area contributed by atoms with Crippen LogP contribution in [0.15, 0.2) is 22.8 Å². The summed E-state index contributed by atoms with van der Waals surface area (Å²) in [4.78, 5) is 2.24. The third-order valence-corrected chi connectivity index (χ3v) is 3.18. The number of nitrogens with one attached hydrogen (secondary N) is 1. The average molecular weight is 224 g/mol. The normalized spacial score (nSPS) is 14.4. The molecule has 1 aromatic rings. The molecule has 0 fully saturated rings. The minimum absolute atomic E-state index is 0.178. The van der Waals surface area contributed by atoms with Gasteiger partial charge in [0.25, 0.3) is 0 Å². The lowest BCUT2D eigenvalue weighted by Gasteiger charge is -2.33. The minimum atomic E-state index is 0.178. The van der Waals surface area contributed by atoms with Gasteiger partial charge in [0.15, 0.2) is 0 Å². The van der Waals surface area contributed by atoms with E-state index in [4.69, 9.17) is 4.42 Å². The second-order valence-electron chi connectivity index (χ2n) is 5.27. The van der Waals surface area contributed by atoms with E-state index in [1.807, 2.05) is 12.1 Å². The molecule has 1 unspecified atom stereocenters. The Morgan fingerprint density at radius 1 is 1.44 bits per heavy atom. The zero-order chi connectivity index (χ0) is 12.2. The molecule has 3 nitrogen and oxygen atoms in total. The summed E-state index contributed by atoms with van der Waals surface area (Å²) in [5.74, 6) is 1.04. The highest BCUT2D eigenvalue weighted by Crippen LogP contribution is 2.09. The van der Waals surface area contributed by atoms with Crippen molar-refractivity contribution in [1.82, 2.24) is 10.2 Å². The van der Waals surface area contributed by atoms with E-state index in [1.165, 1.54) is 0 Å². The first-order valence-electron chi connectivity index (χ1n) is 5.85. The highest BCUT2D eigenvalue weighted by Gasteiger charge is 2.20. The van der Waals surface area contributed by atoms with Crippen molar-refractivity contribution in [2.45, 2.75) is 38.8 Å². The van der Waals surface area contributed by atoms with Crippen LogP contribution in [-0.2, 0) is 6.42 Å². The van der Waals surface area contributed by atoms with E-state index >= 15 is 0 Å². The van der Waals surface area contributed by atoms with Gasteiger partial charge in [0, 0.05) is 24.5 Å². The van der Waals surface area contributed by atoms with E-state index in [-0.39, 0.29) is 5.54 Å². The molecule has 1 N–H and O–H groups in total. The third-order valence-electron chi connectivity index (χ3n) is 3.18. The first kappa shape index (κ1) is 13.3. The summed E-state index contributed by atoms with van der Waals surface area (Å²) in [5, 5.41) is 3.54. The lowest BCUT2D eigenvalue weighted by atomic mass is 10.0. The fourth-order valence-electron chi connectivity index (χ4n) is 1.38. The molecule has 3 heteroatoms. The van der Waals surface area contributed by atoms with Crippen molar-refractivity contribution in [1.29, 1.82) is 0 Å². The van der Waals surface area contributed by atoms with Gasteiger partial charge < -0.3 is 14.6 Å². The first-order valence-corrected chi connectivity index (χ1v) is 5.85. The highest BCUT2D eigenvalue weighted by molar-refractivity contribution is 5.00. The second kappa shape index (κ2) is 5.51. The lowest BCUT2D eigenvalue weighted by molar-refractivity contribution is 0.184. The van der Waals surface area contributed by atoms with Gasteiger partial charge in [-0.05, 0) is 47.0 Å². The molecular formula is C13H24N2O. The molecule has 0 aliphatic carbocycles. The molecule has 0 amide bonds. The zero-order valence-corrected chi connectivity index (χ0v) is 11.1. The van der Waals surface area contributed by atoms with Crippen molar-refractivity contribution in [2.75, 3.05) is 20.6 Å². The fourth-order valence-corrected chi connectivity index (χ4v) is 1.38. The van der Waals surface area contributed by atoms with Gasteiger partial charge in [0.2, 0.25) is 0 Å². The summed E-state index contributed by atoms with van der Waals surface area (Å²) in [6.07, 6.45) is 2.67. The van der Waals surface area contributed by atoms with Gasteiger partial charge in [0.1, 0.15) is 5.76 Å². The van der Waals surface area contributed by atoms with E-state index in [2.05, 4.69) is 45.1 Å². The quantitative estimate of drug-likeness (QED) is 0.802. The summed E-state index contributed by atoms with van der Waals surface area (Å²) in [5.41, 5.74) is 0.178. The average Bonchev–Trinajstić information content (AvgIpc) is 2.67. The first-order chi connectivity index (χ1) is 7.42. The number of hydrogen-bond donors (Lipinski definition) is 1. The molecule has 0 saturated heterocycles. The van der Waals surface area contributed by atoms with E-state index in [9.17, 15) is 0 Å². The Morgan fingerprint density at radius 2 is 2.12 bits per heavy atom. The van der Waals surface area contributed by atoms with Crippen molar-refractivity contribution in [3.8, 4) is 0 Å². The number of hydrogen-bond acceptors (Lipinski definition) is 3. The van der Waals surface area contributed by atoms with E-state index < -0.39 is 0 Å². The number of rotatable bonds is 6. The van der Waals surface area contributed by atoms with Crippen molar-refractivity contribution < 1.29 is 4.42 Å². The topological polar surface area (TPSA) is 28.4 Å². The predicted molar refractivity (Wildman–Crippen MR) is 67.6 cm³/mol. The summed E-state index contributed by atoms with van der Waals surface area (Å²) < 4.78 is 5.33. The monoisotopic (exact) mass is 224 g/mol. The minimum Gasteiger partial charge on any atom is -0.469 e. The molecule has 0 bridgehead atoms. The molecule has 1 atom stereocenters. The molecule has 0 radical (unpaired) electrons. The van der Waals surface area contributed by atoms with Crippen LogP contribution in [0.1, 0.15) is 26.5 Å². The van der Waals surface area contributed by atoms with E-state index in [1.54, 1.807) is 6.26 Å². The van der Waals surface area contributed by atoms with Crippen molar-refractivity contribution in [3.63, 3.8) is 0 Å². The van der Waals surface area contributed by atoms with Crippen LogP contribution in [0, 0.1) is 0 Å². The third kappa shape index (κ3) is 3.99. The maximum absolute atomic E-state index is 5.33. The number of nitrogens with zero attached hydrogens (tertiary/aromatic N) is 1. The standard InChI is InChI=1S/C13H24N2O/c1-11(9-12-7-6-8-16-12)14-10-13(2,3)15(4)5/h6-8,11,14H,9-10H2,1-5H3. The Hall–Kier alpha value is -0.800. The van der Waals surface area contributed by atoms with Crippen molar-refractivity contribution >= 4 is 0 Å². The molecule has 16 heavy (non-hydrogen) atoms. The summed E-state index contributed by atoms with van der Waals surface area (Å²) in [6.45, 7) is 7.63. The fraction of sp³-hybridized carbons (Fsp3) is 0.692. The van der Waals surface area contributed by atoms with Crippen LogP contribution in [0.2, 0.25) is 0 Å². The van der Waals surface area contributed by atoms with Crippen LogP contribution in [0.25, 0.3) is 0 Å². The summed E-state index contributed by atoms with van der Waals surface area (Å²) >= 11 is 0. The van der Waals surface area contributed by atoms with Gasteiger partial charge in [-0.25, -0.2) is 0 Å². The maximum atomic E-state index is 5.33. The molecule has 0 spiro atoms. The smallest absolute Gasteiger partial charge is 0.105 e. The number of furan rings is 1. The molecule has 0 aliphatic rings. The molecule has 1 aromatic heterocycles. The van der Waals surface area contributed by atoms with Gasteiger partial charge in [-0.3, -0.25) is 0 Å². The van der Waals surface area contributed by atoms with Crippen LogP contribution in [-0.4, -0.2) is 37.1 Å². The van der Waals surface area contributed by atoms with Crippen molar-refractivity contribution in [3.05, 3.63) is 24.2 Å². The molecule has 0 saturated carbocycles. The Bertz CT molecular complexity index is 291. The Balaban J connectivity index is 2.33. The SMILES string of the molecule is CC(Cc1ccco1)NCC(C)(C)N(C)C. The van der Waals surface area contributed by atoms with E-state index in [0.29, 0.717) is 6.04 Å². The molecular weight excluding hydrogens is 200 g/mol. The maximum Gasteiger partial charge on any atom is 0.105 e. The molecule has 1 rings (SSSR count). The van der Waals surface area contributed by atoms with Gasteiger partial charge in [-0.15, -0.1) is 0 Å². The van der Waals surface area contributed by atoms with Gasteiger partial charge >= 0.3 is 0 Å². The van der Waals surface area contributed by atoms with Crippen LogP contribution < -0.4 is 5.32 Å². The number of likely N-dealkylation sites (N-methyl/N-ethyl adjacent to an activating group) is 1. The van der Waals surface area contributed by atoms with Gasteiger partial charge in [-0.2, -0.15) is 0 Å². The van der Waals surface area contributed by atoms with Crippen LogP contribution >= 0.6 is 0 Å². The van der Waals surface area contributed by atoms with Crippen LogP contribution in [0.4, 0.5) is 0 Å². The molecule has 1 heterocycles. The largest absolute Gasteiger partial charge is 0.469 e. The van der Waals surface area contributed by atoms with E-state index in [0.717, 1.165) is 18.7 Å².